The minimum atomic E-state index is -0.444. The van der Waals surface area contributed by atoms with E-state index in [0.29, 0.717) is 13.0 Å². The molecule has 3 rings (SSSR count). The molecule has 2 amide bonds. The van der Waals surface area contributed by atoms with Gasteiger partial charge in [-0.2, -0.15) is 0 Å². The molecular weight excluding hydrogens is 295 g/mol. The molecule has 0 aliphatic heterocycles. The third-order valence-electron chi connectivity index (χ3n) is 3.45. The maximum Gasteiger partial charge on any atom is 0.319 e. The lowest BCUT2D eigenvalue weighted by Crippen LogP contribution is -2.30. The number of nitrogens with zero attached hydrogens (tertiary/aromatic N) is 2. The van der Waals surface area contributed by atoms with E-state index in [1.165, 1.54) is 6.07 Å². The van der Waals surface area contributed by atoms with Crippen LogP contribution in [0.1, 0.15) is 11.3 Å². The Morgan fingerprint density at radius 3 is 2.96 bits per heavy atom. The van der Waals surface area contributed by atoms with Gasteiger partial charge in [-0.15, -0.1) is 0 Å². The Labute approximate surface area is 133 Å². The molecule has 23 heavy (non-hydrogen) atoms. The fourth-order valence-electron chi connectivity index (χ4n) is 2.30. The summed E-state index contributed by atoms with van der Waals surface area (Å²) >= 11 is 0. The van der Waals surface area contributed by atoms with Crippen LogP contribution in [0.15, 0.2) is 48.8 Å². The number of imidazole rings is 1. The summed E-state index contributed by atoms with van der Waals surface area (Å²) in [5, 5.41) is 5.20. The summed E-state index contributed by atoms with van der Waals surface area (Å²) in [5.41, 5.74) is 2.73. The molecule has 0 unspecified atom stereocenters. The normalized spacial score (nSPS) is 10.7. The Morgan fingerprint density at radius 1 is 1.30 bits per heavy atom. The van der Waals surface area contributed by atoms with Crippen LogP contribution in [-0.2, 0) is 6.42 Å². The van der Waals surface area contributed by atoms with Crippen LogP contribution in [0.4, 0.5) is 14.9 Å². The summed E-state index contributed by atoms with van der Waals surface area (Å²) in [6.45, 7) is 2.21. The van der Waals surface area contributed by atoms with Gasteiger partial charge in [-0.05, 0) is 36.8 Å². The van der Waals surface area contributed by atoms with Gasteiger partial charge in [0.25, 0.3) is 0 Å². The number of halogens is 1. The molecule has 0 saturated heterocycles. The molecule has 0 bridgehead atoms. The largest absolute Gasteiger partial charge is 0.337 e. The van der Waals surface area contributed by atoms with Gasteiger partial charge in [0.15, 0.2) is 0 Å². The Hall–Kier alpha value is -2.89. The molecular formula is C17H17FN4O. The van der Waals surface area contributed by atoms with Crippen molar-refractivity contribution in [1.29, 1.82) is 0 Å². The van der Waals surface area contributed by atoms with Gasteiger partial charge in [-0.1, -0.05) is 12.1 Å². The molecule has 6 heteroatoms. The molecule has 0 aliphatic carbocycles. The van der Waals surface area contributed by atoms with E-state index in [2.05, 4.69) is 15.6 Å². The van der Waals surface area contributed by atoms with Crippen LogP contribution in [0.5, 0.6) is 0 Å². The summed E-state index contributed by atoms with van der Waals surface area (Å²) in [6, 6.07) is 10.0. The molecule has 3 aromatic rings. The molecule has 1 aromatic carbocycles. The highest BCUT2D eigenvalue weighted by molar-refractivity contribution is 5.89. The van der Waals surface area contributed by atoms with Gasteiger partial charge >= 0.3 is 6.03 Å². The van der Waals surface area contributed by atoms with Crippen molar-refractivity contribution in [3.63, 3.8) is 0 Å². The van der Waals surface area contributed by atoms with Crippen LogP contribution in [0.3, 0.4) is 0 Å². The number of aryl methyl sites for hydroxylation is 1. The summed E-state index contributed by atoms with van der Waals surface area (Å²) in [4.78, 5) is 16.2. The maximum absolute atomic E-state index is 13.7. The highest BCUT2D eigenvalue weighted by Gasteiger charge is 2.07. The first-order valence-electron chi connectivity index (χ1n) is 7.35. The van der Waals surface area contributed by atoms with Gasteiger partial charge in [-0.3, -0.25) is 0 Å². The zero-order valence-corrected chi connectivity index (χ0v) is 12.7. The number of carbonyl (C=O) groups is 1. The quantitative estimate of drug-likeness (QED) is 0.777. The van der Waals surface area contributed by atoms with Gasteiger partial charge < -0.3 is 15.0 Å². The van der Waals surface area contributed by atoms with E-state index < -0.39 is 11.8 Å². The predicted molar refractivity (Wildman–Crippen MR) is 87.1 cm³/mol. The van der Waals surface area contributed by atoms with E-state index in [1.54, 1.807) is 19.1 Å². The Kier molecular flexibility index (Phi) is 4.23. The number of fused-ring (bicyclic) bond motifs is 1. The van der Waals surface area contributed by atoms with Crippen molar-refractivity contribution < 1.29 is 9.18 Å². The van der Waals surface area contributed by atoms with E-state index in [4.69, 9.17) is 0 Å². The maximum atomic E-state index is 13.7. The first kappa shape index (κ1) is 15.0. The number of hydrogen-bond donors (Lipinski definition) is 2. The number of rotatable bonds is 4. The van der Waals surface area contributed by atoms with Crippen LogP contribution < -0.4 is 10.6 Å². The van der Waals surface area contributed by atoms with E-state index in [9.17, 15) is 9.18 Å². The number of hydrogen-bond acceptors (Lipinski definition) is 2. The lowest BCUT2D eigenvalue weighted by molar-refractivity contribution is 0.252. The molecule has 0 fully saturated rings. The smallest absolute Gasteiger partial charge is 0.319 e. The van der Waals surface area contributed by atoms with E-state index in [0.717, 1.165) is 16.9 Å². The first-order valence-corrected chi connectivity index (χ1v) is 7.35. The van der Waals surface area contributed by atoms with E-state index >= 15 is 0 Å². The third kappa shape index (κ3) is 3.66. The van der Waals surface area contributed by atoms with Crippen LogP contribution in [0, 0.1) is 12.7 Å². The third-order valence-corrected chi connectivity index (χ3v) is 3.45. The molecule has 0 spiro atoms. The van der Waals surface area contributed by atoms with Crippen molar-refractivity contribution in [2.75, 3.05) is 11.9 Å². The molecule has 0 radical (unpaired) electrons. The first-order chi connectivity index (χ1) is 11.1. The lowest BCUT2D eigenvalue weighted by atomic mass is 10.2. The SMILES string of the molecule is Cc1ccc(NC(=O)NCCc2cn3ccccc3n2)c(F)c1. The highest BCUT2D eigenvalue weighted by Crippen LogP contribution is 2.14. The van der Waals surface area contributed by atoms with E-state index in [-0.39, 0.29) is 5.69 Å². The average Bonchev–Trinajstić information content (AvgIpc) is 2.93. The minimum absolute atomic E-state index is 0.167. The molecule has 2 aromatic heterocycles. The van der Waals surface area contributed by atoms with Gasteiger partial charge in [0.2, 0.25) is 0 Å². The molecule has 0 atom stereocenters. The molecule has 118 valence electrons. The van der Waals surface area contributed by atoms with Crippen molar-refractivity contribution in [3.8, 4) is 0 Å². The van der Waals surface area contributed by atoms with Crippen LogP contribution in [0.2, 0.25) is 0 Å². The molecule has 2 heterocycles. The number of nitrogens with one attached hydrogen (secondary N) is 2. The Morgan fingerprint density at radius 2 is 2.17 bits per heavy atom. The zero-order valence-electron chi connectivity index (χ0n) is 12.7. The lowest BCUT2D eigenvalue weighted by Gasteiger charge is -2.08. The van der Waals surface area contributed by atoms with Gasteiger partial charge in [0.1, 0.15) is 11.5 Å². The fraction of sp³-hybridized carbons (Fsp3) is 0.176. The fourth-order valence-corrected chi connectivity index (χ4v) is 2.30. The van der Waals surface area contributed by atoms with Gasteiger partial charge in [0, 0.05) is 25.4 Å². The number of amides is 2. The second kappa shape index (κ2) is 6.48. The standard InChI is InChI=1S/C17H17FN4O/c1-12-5-6-15(14(18)10-12)21-17(23)19-8-7-13-11-22-9-3-2-4-16(22)20-13/h2-6,9-11H,7-8H2,1H3,(H2,19,21,23). The van der Waals surface area contributed by atoms with Crippen molar-refractivity contribution in [3.05, 3.63) is 65.9 Å². The summed E-state index contributed by atoms with van der Waals surface area (Å²) in [7, 11) is 0. The second-order valence-electron chi connectivity index (χ2n) is 5.31. The number of carbonyl (C=O) groups excluding carboxylic acids is 1. The number of urea groups is 1. The molecule has 5 nitrogen and oxygen atoms in total. The number of anilines is 1. The average molecular weight is 312 g/mol. The highest BCUT2D eigenvalue weighted by atomic mass is 19.1. The topological polar surface area (TPSA) is 58.4 Å². The number of benzene rings is 1. The van der Waals surface area contributed by atoms with Crippen LogP contribution >= 0.6 is 0 Å². The Balaban J connectivity index is 1.52. The monoisotopic (exact) mass is 312 g/mol. The number of aromatic nitrogens is 2. The molecule has 0 saturated carbocycles. The van der Waals surface area contributed by atoms with Crippen molar-refractivity contribution in [1.82, 2.24) is 14.7 Å². The zero-order chi connectivity index (χ0) is 16.2. The summed E-state index contributed by atoms with van der Waals surface area (Å²) < 4.78 is 15.6. The van der Waals surface area contributed by atoms with E-state index in [1.807, 2.05) is 35.0 Å². The van der Waals surface area contributed by atoms with Crippen molar-refractivity contribution in [2.45, 2.75) is 13.3 Å². The summed E-state index contributed by atoms with van der Waals surface area (Å²) in [6.07, 6.45) is 4.45. The van der Waals surface area contributed by atoms with Crippen molar-refractivity contribution >= 4 is 17.4 Å². The van der Waals surface area contributed by atoms with Crippen LogP contribution in [0.25, 0.3) is 5.65 Å². The van der Waals surface area contributed by atoms with Crippen molar-refractivity contribution in [2.24, 2.45) is 0 Å². The molecule has 2 N–H and O–H groups in total. The second-order valence-corrected chi connectivity index (χ2v) is 5.31. The van der Waals surface area contributed by atoms with Gasteiger partial charge in [0.05, 0.1) is 11.4 Å². The Bertz CT molecular complexity index is 810. The predicted octanol–water partition coefficient (Wildman–Crippen LogP) is 3.15. The number of pyridine rings is 1. The summed E-state index contributed by atoms with van der Waals surface area (Å²) in [5.74, 6) is -0.444. The molecule has 0 aliphatic rings. The minimum Gasteiger partial charge on any atom is -0.337 e. The van der Waals surface area contributed by atoms with Gasteiger partial charge in [-0.25, -0.2) is 14.2 Å². The van der Waals surface area contributed by atoms with Crippen LogP contribution in [-0.4, -0.2) is 22.0 Å².